The number of ether oxygens (including phenoxy) is 2. The minimum absolute atomic E-state index is 0.0306. The molecule has 3 aromatic rings. The number of amidine groups is 1. The SMILES string of the molecule is COc1ccc(C2(c3cccc(-c4cncnc4)c3)COC(N)=N2)cc1C(F)(F)F.O=CO. The first-order valence-electron chi connectivity index (χ1n) is 9.43. The largest absolute Gasteiger partial charge is 0.496 e. The molecule has 1 aromatic heterocycles. The van der Waals surface area contributed by atoms with E-state index >= 15 is 0 Å². The number of hydrogen-bond donors (Lipinski definition) is 2. The van der Waals surface area contributed by atoms with Gasteiger partial charge in [-0.25, -0.2) is 15.0 Å². The molecule has 0 aliphatic carbocycles. The number of alkyl halides is 3. The van der Waals surface area contributed by atoms with Gasteiger partial charge in [0.1, 0.15) is 18.7 Å². The topological polar surface area (TPSA) is 120 Å². The van der Waals surface area contributed by atoms with Crippen LogP contribution in [0.4, 0.5) is 13.2 Å². The molecule has 172 valence electrons. The van der Waals surface area contributed by atoms with Gasteiger partial charge in [-0.05, 0) is 34.9 Å². The molecule has 1 unspecified atom stereocenters. The minimum atomic E-state index is -4.60. The van der Waals surface area contributed by atoms with Crippen LogP contribution in [-0.4, -0.2) is 41.3 Å². The highest BCUT2D eigenvalue weighted by Crippen LogP contribution is 2.43. The molecular formula is C22H19F3N4O4. The molecule has 0 saturated carbocycles. The Kier molecular flexibility index (Phi) is 6.80. The molecular weight excluding hydrogens is 441 g/mol. The zero-order chi connectivity index (χ0) is 24.1. The molecule has 0 radical (unpaired) electrons. The first kappa shape index (κ1) is 23.5. The standard InChI is InChI=1S/C21H17F3N4O2.CH2O2/c1-29-18-6-5-16(8-17(18)21(22,23)24)20(11-30-19(25)28-20)15-4-2-3-13(7-15)14-9-26-12-27-10-14;2-1-3/h2-10,12H,11H2,1H3,(H2,25,28);1H,(H,2,3). The van der Waals surface area contributed by atoms with E-state index in [-0.39, 0.29) is 30.4 Å². The van der Waals surface area contributed by atoms with Crippen molar-refractivity contribution in [3.8, 4) is 16.9 Å². The monoisotopic (exact) mass is 460 g/mol. The number of rotatable bonds is 4. The third kappa shape index (κ3) is 4.86. The molecule has 8 nitrogen and oxygen atoms in total. The van der Waals surface area contributed by atoms with Gasteiger partial charge in [-0.15, -0.1) is 0 Å². The van der Waals surface area contributed by atoms with Gasteiger partial charge >= 0.3 is 6.18 Å². The first-order chi connectivity index (χ1) is 15.7. The summed E-state index contributed by atoms with van der Waals surface area (Å²) in [6.07, 6.45) is 0.120. The molecule has 11 heteroatoms. The fourth-order valence-electron chi connectivity index (χ4n) is 3.48. The predicted molar refractivity (Wildman–Crippen MR) is 113 cm³/mol. The van der Waals surface area contributed by atoms with E-state index in [2.05, 4.69) is 15.0 Å². The smallest absolute Gasteiger partial charge is 0.419 e. The number of benzene rings is 2. The first-order valence-corrected chi connectivity index (χ1v) is 9.43. The summed E-state index contributed by atoms with van der Waals surface area (Å²) in [5, 5.41) is 6.89. The van der Waals surface area contributed by atoms with Gasteiger partial charge in [0, 0.05) is 18.0 Å². The quantitative estimate of drug-likeness (QED) is 0.572. The maximum atomic E-state index is 13.6. The fourth-order valence-corrected chi connectivity index (χ4v) is 3.48. The molecule has 0 saturated heterocycles. The molecule has 1 aliphatic rings. The lowest BCUT2D eigenvalue weighted by molar-refractivity contribution is -0.138. The van der Waals surface area contributed by atoms with Crippen molar-refractivity contribution in [1.29, 1.82) is 0 Å². The summed E-state index contributed by atoms with van der Waals surface area (Å²) < 4.78 is 51.1. The lowest BCUT2D eigenvalue weighted by Gasteiger charge is -2.27. The van der Waals surface area contributed by atoms with Crippen LogP contribution in [0.3, 0.4) is 0 Å². The van der Waals surface area contributed by atoms with Crippen molar-refractivity contribution in [2.45, 2.75) is 11.7 Å². The normalized spacial score (nSPS) is 17.3. The Morgan fingerprint density at radius 3 is 2.36 bits per heavy atom. The molecule has 1 aliphatic heterocycles. The summed E-state index contributed by atoms with van der Waals surface area (Å²) in [7, 11) is 1.19. The summed E-state index contributed by atoms with van der Waals surface area (Å²) in [4.78, 5) is 20.8. The Bertz CT molecular complexity index is 1160. The lowest BCUT2D eigenvalue weighted by atomic mass is 9.82. The van der Waals surface area contributed by atoms with E-state index in [1.54, 1.807) is 24.5 Å². The van der Waals surface area contributed by atoms with Crippen molar-refractivity contribution in [1.82, 2.24) is 9.97 Å². The zero-order valence-corrected chi connectivity index (χ0v) is 17.3. The van der Waals surface area contributed by atoms with E-state index < -0.39 is 17.3 Å². The second kappa shape index (κ2) is 9.55. The predicted octanol–water partition coefficient (Wildman–Crippen LogP) is 3.46. The molecule has 2 heterocycles. The second-order valence-electron chi connectivity index (χ2n) is 6.83. The molecule has 3 N–H and O–H groups in total. The van der Waals surface area contributed by atoms with E-state index in [1.807, 2.05) is 12.1 Å². The maximum absolute atomic E-state index is 13.6. The second-order valence-corrected chi connectivity index (χ2v) is 6.83. The summed E-state index contributed by atoms with van der Waals surface area (Å²) in [5.41, 5.74) is 6.11. The van der Waals surface area contributed by atoms with Crippen LogP contribution in [0.5, 0.6) is 5.75 Å². The van der Waals surface area contributed by atoms with Crippen LogP contribution in [0.15, 0.2) is 66.2 Å². The van der Waals surface area contributed by atoms with Crippen molar-refractivity contribution in [3.05, 3.63) is 77.9 Å². The van der Waals surface area contributed by atoms with Gasteiger partial charge in [-0.3, -0.25) is 4.79 Å². The van der Waals surface area contributed by atoms with Gasteiger partial charge in [-0.1, -0.05) is 24.3 Å². The van der Waals surface area contributed by atoms with Gasteiger partial charge in [-0.2, -0.15) is 13.2 Å². The van der Waals surface area contributed by atoms with Gasteiger partial charge in [0.15, 0.2) is 5.54 Å². The van der Waals surface area contributed by atoms with Crippen LogP contribution in [0.1, 0.15) is 16.7 Å². The van der Waals surface area contributed by atoms with Crippen LogP contribution in [0.2, 0.25) is 0 Å². The summed E-state index contributed by atoms with van der Waals surface area (Å²) >= 11 is 0. The molecule has 2 aromatic carbocycles. The molecule has 33 heavy (non-hydrogen) atoms. The Morgan fingerprint density at radius 1 is 1.12 bits per heavy atom. The van der Waals surface area contributed by atoms with Gasteiger partial charge in [0.2, 0.25) is 0 Å². The molecule has 0 spiro atoms. The Balaban J connectivity index is 0.000000968. The average Bonchev–Trinajstić information content (AvgIpc) is 3.22. The number of methoxy groups -OCH3 is 1. The number of aromatic nitrogens is 2. The highest BCUT2D eigenvalue weighted by atomic mass is 19.4. The van der Waals surface area contributed by atoms with E-state index in [0.29, 0.717) is 5.56 Å². The maximum Gasteiger partial charge on any atom is 0.419 e. The van der Waals surface area contributed by atoms with Crippen LogP contribution >= 0.6 is 0 Å². The Labute approximate surface area is 186 Å². The number of aliphatic imine (C=N–C) groups is 1. The van der Waals surface area contributed by atoms with Crippen molar-refractivity contribution >= 4 is 12.5 Å². The fraction of sp³-hybridized carbons (Fsp3) is 0.182. The number of hydrogen-bond acceptors (Lipinski definition) is 7. The minimum Gasteiger partial charge on any atom is -0.496 e. The number of carbonyl (C=O) groups is 1. The van der Waals surface area contributed by atoms with Gasteiger partial charge < -0.3 is 20.3 Å². The highest BCUT2D eigenvalue weighted by Gasteiger charge is 2.43. The highest BCUT2D eigenvalue weighted by molar-refractivity contribution is 5.76. The number of nitrogens with two attached hydrogens (primary N) is 1. The van der Waals surface area contributed by atoms with Gasteiger partial charge in [0.25, 0.3) is 12.5 Å². The lowest BCUT2D eigenvalue weighted by Crippen LogP contribution is -2.28. The van der Waals surface area contributed by atoms with Crippen molar-refractivity contribution in [2.24, 2.45) is 10.7 Å². The van der Waals surface area contributed by atoms with E-state index in [9.17, 15) is 13.2 Å². The zero-order valence-electron chi connectivity index (χ0n) is 17.3. The van der Waals surface area contributed by atoms with Gasteiger partial charge in [0.05, 0.1) is 12.7 Å². The van der Waals surface area contributed by atoms with E-state index in [4.69, 9.17) is 25.1 Å². The number of halogens is 3. The van der Waals surface area contributed by atoms with Crippen molar-refractivity contribution < 1.29 is 32.5 Å². The summed E-state index contributed by atoms with van der Waals surface area (Å²) in [6, 6.07) is 11.0. The number of nitrogens with zero attached hydrogens (tertiary/aromatic N) is 3. The van der Waals surface area contributed by atoms with Crippen LogP contribution in [0.25, 0.3) is 11.1 Å². The number of carboxylic acid groups (broad SMARTS) is 1. The Morgan fingerprint density at radius 2 is 1.79 bits per heavy atom. The molecule has 0 bridgehead atoms. The molecule has 0 amide bonds. The third-order valence-electron chi connectivity index (χ3n) is 4.95. The molecule has 0 fully saturated rings. The molecule has 4 rings (SSSR count). The Hall–Kier alpha value is -4.15. The van der Waals surface area contributed by atoms with Crippen molar-refractivity contribution in [3.63, 3.8) is 0 Å². The summed E-state index contributed by atoms with van der Waals surface area (Å²) in [5.74, 6) is -0.271. The van der Waals surface area contributed by atoms with Crippen LogP contribution in [-0.2, 0) is 21.2 Å². The van der Waals surface area contributed by atoms with Crippen molar-refractivity contribution in [2.75, 3.05) is 13.7 Å². The van der Waals surface area contributed by atoms with E-state index in [0.717, 1.165) is 17.2 Å². The average molecular weight is 460 g/mol. The van der Waals surface area contributed by atoms with Crippen LogP contribution in [0, 0.1) is 0 Å². The third-order valence-corrected chi connectivity index (χ3v) is 4.95. The van der Waals surface area contributed by atoms with E-state index in [1.165, 1.54) is 25.6 Å². The van der Waals surface area contributed by atoms with Crippen LogP contribution < -0.4 is 10.5 Å². The summed E-state index contributed by atoms with van der Waals surface area (Å²) in [6.45, 7) is -0.281. The molecule has 1 atom stereocenters.